The second kappa shape index (κ2) is 9.58. The number of carbonyl (C=O) groups is 1. The van der Waals surface area contributed by atoms with Gasteiger partial charge in [0.2, 0.25) is 5.95 Å². The molecule has 1 fully saturated rings. The summed E-state index contributed by atoms with van der Waals surface area (Å²) in [7, 11) is 0. The van der Waals surface area contributed by atoms with Crippen LogP contribution in [0.2, 0.25) is 0 Å². The summed E-state index contributed by atoms with van der Waals surface area (Å²) in [6, 6.07) is 1.09. The largest absolute Gasteiger partial charge is 0.379 e. The molecule has 0 saturated carbocycles. The van der Waals surface area contributed by atoms with Crippen molar-refractivity contribution in [3.05, 3.63) is 40.5 Å². The highest BCUT2D eigenvalue weighted by Crippen LogP contribution is 2.26. The molecule has 0 bridgehead atoms. The number of aryl methyl sites for hydroxylation is 1. The molecule has 0 unspecified atom stereocenters. The molecule has 4 rings (SSSR count). The van der Waals surface area contributed by atoms with Crippen LogP contribution in [0.3, 0.4) is 0 Å². The molecule has 1 aliphatic heterocycles. The van der Waals surface area contributed by atoms with Gasteiger partial charge in [0.1, 0.15) is 10.5 Å². The van der Waals surface area contributed by atoms with Gasteiger partial charge in [-0.2, -0.15) is 4.98 Å². The maximum Gasteiger partial charge on any atom is 0.271 e. The molecule has 1 atom stereocenters. The number of fused-ring (bicyclic) bond motifs is 1. The number of halogens is 1. The first-order chi connectivity index (χ1) is 15.0. The van der Waals surface area contributed by atoms with E-state index in [0.717, 1.165) is 30.8 Å². The number of carbonyl (C=O) groups excluding carboxylic acids is 1. The van der Waals surface area contributed by atoms with Gasteiger partial charge in [0.25, 0.3) is 5.91 Å². The monoisotopic (exact) mass is 445 g/mol. The standard InChI is InChI=1S/C20H24FN7O2S/c1-12(14-9-15(21)11-22-10-14)24-20-26-16(17-18(27-20)25-13(2)31-17)19(29)23-3-4-28-5-7-30-8-6-28/h9-12H,3-8H2,1-2H3,(H,23,29)(H,24,26,27)/t12-/m0/s1. The number of nitrogens with one attached hydrogen (secondary N) is 2. The third kappa shape index (κ3) is 5.30. The van der Waals surface area contributed by atoms with Crippen LogP contribution >= 0.6 is 11.3 Å². The topological polar surface area (TPSA) is 105 Å². The Labute approximate surface area is 183 Å². The lowest BCUT2D eigenvalue weighted by Crippen LogP contribution is -2.41. The summed E-state index contributed by atoms with van der Waals surface area (Å²) in [4.78, 5) is 32.3. The van der Waals surface area contributed by atoms with Crippen molar-refractivity contribution in [1.29, 1.82) is 0 Å². The number of nitrogens with zero attached hydrogens (tertiary/aromatic N) is 5. The van der Waals surface area contributed by atoms with Gasteiger partial charge >= 0.3 is 0 Å². The van der Waals surface area contributed by atoms with Crippen LogP contribution in [0.15, 0.2) is 18.5 Å². The summed E-state index contributed by atoms with van der Waals surface area (Å²) >= 11 is 1.38. The van der Waals surface area contributed by atoms with E-state index in [-0.39, 0.29) is 23.6 Å². The zero-order valence-corrected chi connectivity index (χ0v) is 18.2. The molecule has 4 heterocycles. The lowest BCUT2D eigenvalue weighted by Gasteiger charge is -2.26. The molecule has 2 N–H and O–H groups in total. The van der Waals surface area contributed by atoms with Crippen molar-refractivity contribution in [3.8, 4) is 0 Å². The molecule has 164 valence electrons. The normalized spacial score (nSPS) is 15.7. The van der Waals surface area contributed by atoms with Gasteiger partial charge < -0.3 is 15.4 Å². The molecule has 1 amide bonds. The van der Waals surface area contributed by atoms with Gasteiger partial charge in [-0.25, -0.2) is 14.4 Å². The van der Waals surface area contributed by atoms with Crippen LogP contribution in [0.4, 0.5) is 10.3 Å². The summed E-state index contributed by atoms with van der Waals surface area (Å²) in [5.41, 5.74) is 1.39. The van der Waals surface area contributed by atoms with Crippen molar-refractivity contribution in [2.75, 3.05) is 44.7 Å². The third-order valence-electron chi connectivity index (χ3n) is 4.96. The van der Waals surface area contributed by atoms with Gasteiger partial charge in [-0.15, -0.1) is 11.3 Å². The fraction of sp³-hybridized carbons (Fsp3) is 0.450. The van der Waals surface area contributed by atoms with E-state index in [4.69, 9.17) is 4.74 Å². The number of hydrogen-bond donors (Lipinski definition) is 2. The SMILES string of the molecule is Cc1nc2nc(N[C@@H](C)c3cncc(F)c3)nc(C(=O)NCCN3CCOCC3)c2s1. The molecule has 0 aromatic carbocycles. The highest BCUT2D eigenvalue weighted by molar-refractivity contribution is 7.18. The summed E-state index contributed by atoms with van der Waals surface area (Å²) in [5.74, 6) is -0.432. The number of morpholine rings is 1. The van der Waals surface area contributed by atoms with Crippen molar-refractivity contribution in [1.82, 2.24) is 30.2 Å². The smallest absolute Gasteiger partial charge is 0.271 e. The van der Waals surface area contributed by atoms with Crippen LogP contribution in [-0.2, 0) is 4.74 Å². The van der Waals surface area contributed by atoms with Gasteiger partial charge in [-0.3, -0.25) is 14.7 Å². The highest BCUT2D eigenvalue weighted by atomic mass is 32.1. The average molecular weight is 446 g/mol. The Morgan fingerprint density at radius 1 is 1.29 bits per heavy atom. The van der Waals surface area contributed by atoms with Gasteiger partial charge in [0.05, 0.1) is 30.5 Å². The van der Waals surface area contributed by atoms with Gasteiger partial charge in [-0.05, 0) is 25.5 Å². The van der Waals surface area contributed by atoms with E-state index in [1.165, 1.54) is 17.4 Å². The Balaban J connectivity index is 1.50. The molecular formula is C20H24FN7O2S. The first kappa shape index (κ1) is 21.5. The molecule has 3 aromatic rings. The van der Waals surface area contributed by atoms with Gasteiger partial charge in [0, 0.05) is 32.4 Å². The predicted octanol–water partition coefficient (Wildman–Crippen LogP) is 2.16. The maximum atomic E-state index is 13.5. The van der Waals surface area contributed by atoms with Crippen LogP contribution in [0.5, 0.6) is 0 Å². The number of anilines is 1. The fourth-order valence-electron chi connectivity index (χ4n) is 3.32. The van der Waals surface area contributed by atoms with Crippen molar-refractivity contribution in [3.63, 3.8) is 0 Å². The number of rotatable bonds is 7. The Kier molecular flexibility index (Phi) is 6.64. The van der Waals surface area contributed by atoms with Crippen LogP contribution in [0, 0.1) is 12.7 Å². The van der Waals surface area contributed by atoms with Crippen LogP contribution < -0.4 is 10.6 Å². The summed E-state index contributed by atoms with van der Waals surface area (Å²) < 4.78 is 19.5. The van der Waals surface area contributed by atoms with Gasteiger partial charge in [-0.1, -0.05) is 0 Å². The lowest BCUT2D eigenvalue weighted by molar-refractivity contribution is 0.0383. The predicted molar refractivity (Wildman–Crippen MR) is 116 cm³/mol. The third-order valence-corrected chi connectivity index (χ3v) is 5.93. The van der Waals surface area contributed by atoms with E-state index in [1.54, 1.807) is 6.20 Å². The molecule has 1 saturated heterocycles. The number of amides is 1. The number of thiazole rings is 1. The molecule has 9 nitrogen and oxygen atoms in total. The fourth-order valence-corrected chi connectivity index (χ4v) is 4.17. The van der Waals surface area contributed by atoms with Crippen molar-refractivity contribution < 1.29 is 13.9 Å². The number of hydrogen-bond acceptors (Lipinski definition) is 9. The zero-order valence-electron chi connectivity index (χ0n) is 17.4. The van der Waals surface area contributed by atoms with E-state index < -0.39 is 5.82 Å². The molecule has 0 spiro atoms. The molecule has 0 aliphatic carbocycles. The van der Waals surface area contributed by atoms with Crippen molar-refractivity contribution >= 4 is 33.5 Å². The number of pyridine rings is 1. The zero-order chi connectivity index (χ0) is 21.8. The summed E-state index contributed by atoms with van der Waals surface area (Å²) in [5, 5.41) is 6.87. The minimum Gasteiger partial charge on any atom is -0.379 e. The first-order valence-electron chi connectivity index (χ1n) is 10.1. The molecule has 11 heteroatoms. The minimum atomic E-state index is -0.419. The Morgan fingerprint density at radius 3 is 2.87 bits per heavy atom. The first-order valence-corrected chi connectivity index (χ1v) is 10.9. The highest BCUT2D eigenvalue weighted by Gasteiger charge is 2.20. The van der Waals surface area contributed by atoms with E-state index in [9.17, 15) is 9.18 Å². The number of aromatic nitrogens is 4. The van der Waals surface area contributed by atoms with E-state index in [0.29, 0.717) is 35.7 Å². The molecular weight excluding hydrogens is 421 g/mol. The quantitative estimate of drug-likeness (QED) is 0.570. The second-order valence-corrected chi connectivity index (χ2v) is 8.50. The molecule has 31 heavy (non-hydrogen) atoms. The van der Waals surface area contributed by atoms with E-state index in [2.05, 4.69) is 35.5 Å². The summed E-state index contributed by atoms with van der Waals surface area (Å²) in [6.07, 6.45) is 2.72. The van der Waals surface area contributed by atoms with Crippen LogP contribution in [0.1, 0.15) is 34.0 Å². The van der Waals surface area contributed by atoms with Crippen LogP contribution in [0.25, 0.3) is 10.3 Å². The second-order valence-electron chi connectivity index (χ2n) is 7.29. The summed E-state index contributed by atoms with van der Waals surface area (Å²) in [6.45, 7) is 8.13. The molecule has 0 radical (unpaired) electrons. The lowest BCUT2D eigenvalue weighted by atomic mass is 10.1. The van der Waals surface area contributed by atoms with Crippen LogP contribution in [-0.4, -0.2) is 70.1 Å². The molecule has 1 aliphatic rings. The number of ether oxygens (including phenoxy) is 1. The minimum absolute atomic E-state index is 0.257. The van der Waals surface area contributed by atoms with E-state index in [1.807, 2.05) is 13.8 Å². The molecule has 3 aromatic heterocycles. The Morgan fingerprint density at radius 2 is 2.10 bits per heavy atom. The average Bonchev–Trinajstić information content (AvgIpc) is 3.13. The Hall–Kier alpha value is -2.76. The maximum absolute atomic E-state index is 13.5. The van der Waals surface area contributed by atoms with Crippen molar-refractivity contribution in [2.24, 2.45) is 0 Å². The van der Waals surface area contributed by atoms with Crippen molar-refractivity contribution in [2.45, 2.75) is 19.9 Å². The van der Waals surface area contributed by atoms with Gasteiger partial charge in [0.15, 0.2) is 11.3 Å². The Bertz CT molecular complexity index is 1070. The van der Waals surface area contributed by atoms with E-state index >= 15 is 0 Å².